The summed E-state index contributed by atoms with van der Waals surface area (Å²) in [5, 5.41) is 21.7. The Morgan fingerprint density at radius 2 is 1.14 bits per heavy atom. The van der Waals surface area contributed by atoms with Gasteiger partial charge in [0.25, 0.3) is 0 Å². The average molecular weight is 1200 g/mol. The van der Waals surface area contributed by atoms with Crippen molar-refractivity contribution in [3.05, 3.63) is 35.9 Å². The summed E-state index contributed by atoms with van der Waals surface area (Å²) in [6.45, 7) is 13.6. The molecule has 3 rings (SSSR count). The van der Waals surface area contributed by atoms with Crippen molar-refractivity contribution in [1.29, 1.82) is 0 Å². The van der Waals surface area contributed by atoms with Gasteiger partial charge in [-0.05, 0) is 74.2 Å². The highest BCUT2D eigenvalue weighted by atomic mass is 16.5. The van der Waals surface area contributed by atoms with Crippen molar-refractivity contribution in [2.45, 2.75) is 187 Å². The second kappa shape index (κ2) is 34.7. The molecule has 0 aromatic heterocycles. The Hall–Kier alpha value is -7.18. The lowest BCUT2D eigenvalue weighted by Gasteiger charge is -2.40. The van der Waals surface area contributed by atoms with Gasteiger partial charge in [0.15, 0.2) is 0 Å². The van der Waals surface area contributed by atoms with Gasteiger partial charge < -0.3 is 65.1 Å². The van der Waals surface area contributed by atoms with Crippen molar-refractivity contribution in [2.75, 3.05) is 62.1 Å². The molecule has 0 spiro atoms. The third kappa shape index (κ3) is 19.9. The van der Waals surface area contributed by atoms with E-state index in [1.165, 1.54) is 45.2 Å². The molecular formula is C60H95N9O16. The summed E-state index contributed by atoms with van der Waals surface area (Å²) in [5.74, 6) is -10.1. The molecular weight excluding hydrogens is 1100 g/mol. The zero-order valence-corrected chi connectivity index (χ0v) is 52.3. The lowest BCUT2D eigenvalue weighted by molar-refractivity contribution is -0.155. The molecule has 2 saturated heterocycles. The molecule has 2 unspecified atom stereocenters. The Kier molecular flexibility index (Phi) is 29.4. The molecule has 1 aromatic carbocycles. The monoisotopic (exact) mass is 1200 g/mol. The number of nitrogens with one attached hydrogen (secondary N) is 4. The van der Waals surface area contributed by atoms with Crippen LogP contribution in [0.1, 0.15) is 132 Å². The number of carbonyl (C=O) groups excluding carboxylic acids is 12. The standard InChI is InChI=1S/C60H95N9O16/c1-15-37(7)49(58(80)69-31-21-20-25-43(69)54(76)63-48(35(3)4)57(79)66(10)44(60(82)85-14)28-30-47(72)84-13)64-53(75)41(27-29-46(71)83-12)65(9)59(81)50(36(5)6)67(11)45(70)34-61-52(74)42-26-22-32-68(42)56(78)40(33-39-23-18-17-19-24-39)62-55(77)51(73)38(8)16-2/h17-19,23-24,35-38,40-44,48-51,73H,15-16,20-22,25-34H2,1-14H3,(H,61,74)(H,62,77)(H,63,76)(H,64,75)/t37-,38?,40-,41-,42-,43-,44-,48-,49-,50-,51?/m0/s1. The first kappa shape index (κ1) is 72.1. The number of hydrogen-bond acceptors (Lipinski definition) is 16. The summed E-state index contributed by atoms with van der Waals surface area (Å²) in [6.07, 6.45) is 0.699. The van der Waals surface area contributed by atoms with Crippen LogP contribution in [0.5, 0.6) is 0 Å². The van der Waals surface area contributed by atoms with Crippen LogP contribution < -0.4 is 21.3 Å². The van der Waals surface area contributed by atoms with Gasteiger partial charge >= 0.3 is 17.9 Å². The van der Waals surface area contributed by atoms with Crippen molar-refractivity contribution in [3.63, 3.8) is 0 Å². The molecule has 85 heavy (non-hydrogen) atoms. The molecule has 5 N–H and O–H groups in total. The van der Waals surface area contributed by atoms with Gasteiger partial charge in [0, 0.05) is 53.5 Å². The van der Waals surface area contributed by atoms with Gasteiger partial charge in [0.2, 0.25) is 53.2 Å². The van der Waals surface area contributed by atoms with E-state index >= 15 is 0 Å². The number of likely N-dealkylation sites (tertiary alicyclic amines) is 2. The van der Waals surface area contributed by atoms with Crippen molar-refractivity contribution < 1.29 is 76.9 Å². The van der Waals surface area contributed by atoms with Crippen LogP contribution in [-0.4, -0.2) is 217 Å². The molecule has 11 atom stereocenters. The molecule has 0 saturated carbocycles. The van der Waals surface area contributed by atoms with Gasteiger partial charge in [0.05, 0.1) is 27.9 Å². The van der Waals surface area contributed by atoms with Crippen LogP contribution in [0, 0.1) is 23.7 Å². The Bertz CT molecular complexity index is 2480. The number of nitrogens with zero attached hydrogens (tertiary/aromatic N) is 5. The summed E-state index contributed by atoms with van der Waals surface area (Å²) in [6, 6.07) is -0.490. The fraction of sp³-hybridized carbons (Fsp3) is 0.700. The average Bonchev–Trinajstić information content (AvgIpc) is 4.15. The lowest BCUT2D eigenvalue weighted by atomic mass is 9.93. The number of carbonyl (C=O) groups is 12. The van der Waals surface area contributed by atoms with Crippen LogP contribution in [0.15, 0.2) is 30.3 Å². The minimum atomic E-state index is -1.41. The maximum absolute atomic E-state index is 14.9. The van der Waals surface area contributed by atoms with E-state index < -0.39 is 150 Å². The predicted molar refractivity (Wildman–Crippen MR) is 312 cm³/mol. The van der Waals surface area contributed by atoms with Crippen molar-refractivity contribution in [1.82, 2.24) is 45.8 Å². The van der Waals surface area contributed by atoms with Crippen LogP contribution in [0.4, 0.5) is 0 Å². The number of amides is 9. The number of aliphatic hydroxyl groups excluding tert-OH is 1. The first-order valence-corrected chi connectivity index (χ1v) is 29.6. The maximum Gasteiger partial charge on any atom is 0.328 e. The molecule has 476 valence electrons. The second-order valence-corrected chi connectivity index (χ2v) is 23.0. The number of ether oxygens (including phenoxy) is 3. The van der Waals surface area contributed by atoms with E-state index in [-0.39, 0.29) is 64.0 Å². The number of hydrogen-bond donors (Lipinski definition) is 5. The summed E-state index contributed by atoms with van der Waals surface area (Å²) in [5.41, 5.74) is 0.739. The van der Waals surface area contributed by atoms with E-state index in [0.717, 1.165) is 27.4 Å². The van der Waals surface area contributed by atoms with E-state index in [4.69, 9.17) is 14.2 Å². The molecule has 2 fully saturated rings. The fourth-order valence-electron chi connectivity index (χ4n) is 10.6. The highest BCUT2D eigenvalue weighted by molar-refractivity contribution is 5.98. The number of benzene rings is 1. The van der Waals surface area contributed by atoms with Crippen LogP contribution in [0.25, 0.3) is 0 Å². The summed E-state index contributed by atoms with van der Waals surface area (Å²) in [7, 11) is 7.58. The molecule has 25 nitrogen and oxygen atoms in total. The molecule has 2 aliphatic heterocycles. The van der Waals surface area contributed by atoms with Crippen molar-refractivity contribution in [2.24, 2.45) is 23.7 Å². The SMILES string of the molecule is CCC(C)C(O)C(=O)N[C@@H](Cc1ccccc1)C(=O)N1CCC[C@H]1C(=O)NCC(=O)N(C)[C@H](C(=O)N(C)[C@@H](CCC(=O)OC)C(=O)N[C@H](C(=O)N1CCCC[C@H]1C(=O)N[C@H](C(=O)N(C)[C@@H](CCC(=O)OC)C(=O)OC)C(C)C)[C@@H](C)CC)C(C)C. The zero-order chi connectivity index (χ0) is 64.0. The lowest BCUT2D eigenvalue weighted by Crippen LogP contribution is -2.63. The summed E-state index contributed by atoms with van der Waals surface area (Å²) in [4.78, 5) is 172. The van der Waals surface area contributed by atoms with Gasteiger partial charge in [-0.25, -0.2) is 4.79 Å². The minimum absolute atomic E-state index is 0.0869. The second-order valence-electron chi connectivity index (χ2n) is 23.0. The Morgan fingerprint density at radius 3 is 1.69 bits per heavy atom. The van der Waals surface area contributed by atoms with Crippen molar-refractivity contribution >= 4 is 71.1 Å². The first-order chi connectivity index (χ1) is 40.1. The van der Waals surface area contributed by atoms with E-state index in [2.05, 4.69) is 21.3 Å². The minimum Gasteiger partial charge on any atom is -0.469 e. The highest BCUT2D eigenvalue weighted by Gasteiger charge is 2.44. The van der Waals surface area contributed by atoms with Crippen LogP contribution in [0.3, 0.4) is 0 Å². The Morgan fingerprint density at radius 1 is 0.600 bits per heavy atom. The fourth-order valence-corrected chi connectivity index (χ4v) is 10.6. The molecule has 0 bridgehead atoms. The topological polar surface area (TPSA) is 317 Å². The third-order valence-electron chi connectivity index (χ3n) is 16.5. The van der Waals surface area contributed by atoms with E-state index in [1.54, 1.807) is 65.8 Å². The highest BCUT2D eigenvalue weighted by Crippen LogP contribution is 2.25. The van der Waals surface area contributed by atoms with Crippen molar-refractivity contribution in [3.8, 4) is 0 Å². The van der Waals surface area contributed by atoms with Gasteiger partial charge in [0.1, 0.15) is 54.4 Å². The molecule has 0 radical (unpaired) electrons. The van der Waals surface area contributed by atoms with E-state index in [0.29, 0.717) is 32.1 Å². The number of likely N-dealkylation sites (N-methyl/N-ethyl adjacent to an activating group) is 3. The van der Waals surface area contributed by atoms with E-state index in [1.807, 2.05) is 19.9 Å². The number of piperidine rings is 1. The molecule has 0 aliphatic carbocycles. The van der Waals surface area contributed by atoms with Gasteiger partial charge in [-0.2, -0.15) is 0 Å². The van der Waals surface area contributed by atoms with Gasteiger partial charge in [-0.15, -0.1) is 0 Å². The van der Waals surface area contributed by atoms with Crippen LogP contribution in [0.2, 0.25) is 0 Å². The third-order valence-corrected chi connectivity index (χ3v) is 16.5. The molecule has 9 amide bonds. The van der Waals surface area contributed by atoms with Crippen LogP contribution in [-0.2, 0) is 78.2 Å². The quantitative estimate of drug-likeness (QED) is 0.0520. The van der Waals surface area contributed by atoms with Crippen LogP contribution >= 0.6 is 0 Å². The summed E-state index contributed by atoms with van der Waals surface area (Å²) >= 11 is 0. The molecule has 2 heterocycles. The maximum atomic E-state index is 14.9. The normalized spacial score (nSPS) is 18.2. The van der Waals surface area contributed by atoms with Gasteiger partial charge in [-0.1, -0.05) is 98.6 Å². The smallest absolute Gasteiger partial charge is 0.328 e. The number of rotatable bonds is 31. The molecule has 1 aromatic rings. The summed E-state index contributed by atoms with van der Waals surface area (Å²) < 4.78 is 14.5. The first-order valence-electron chi connectivity index (χ1n) is 29.6. The molecule has 2 aliphatic rings. The number of methoxy groups -OCH3 is 3. The number of esters is 3. The van der Waals surface area contributed by atoms with E-state index in [9.17, 15) is 62.6 Å². The number of aliphatic hydroxyl groups is 1. The Labute approximate surface area is 500 Å². The zero-order valence-electron chi connectivity index (χ0n) is 52.3. The predicted octanol–water partition coefficient (Wildman–Crippen LogP) is 1.50. The Balaban J connectivity index is 1.86. The largest absolute Gasteiger partial charge is 0.469 e. The molecule has 25 heteroatoms. The van der Waals surface area contributed by atoms with Gasteiger partial charge in [-0.3, -0.25) is 52.7 Å².